The number of aryl methyl sites for hydroxylation is 2. The van der Waals surface area contributed by atoms with Crippen LogP contribution in [-0.2, 0) is 6.42 Å². The summed E-state index contributed by atoms with van der Waals surface area (Å²) in [7, 11) is 0. The molecule has 2 aromatic rings. The summed E-state index contributed by atoms with van der Waals surface area (Å²) in [4.78, 5) is 4.30. The number of benzene rings is 1. The Morgan fingerprint density at radius 2 is 2.17 bits per heavy atom. The number of hydrogen-bond donors (Lipinski definition) is 1. The molecule has 1 aromatic heterocycles. The lowest BCUT2D eigenvalue weighted by Gasteiger charge is -2.14. The Kier molecular flexibility index (Phi) is 4.25. The molecule has 1 aromatic carbocycles. The van der Waals surface area contributed by atoms with Crippen molar-refractivity contribution in [2.45, 2.75) is 20.3 Å². The summed E-state index contributed by atoms with van der Waals surface area (Å²) < 4.78 is 0.874. The Morgan fingerprint density at radius 3 is 2.83 bits per heavy atom. The van der Waals surface area contributed by atoms with Crippen LogP contribution in [0, 0.1) is 6.92 Å². The van der Waals surface area contributed by atoms with E-state index in [9.17, 15) is 0 Å². The Hall–Kier alpha value is -1.06. The lowest BCUT2D eigenvalue weighted by Crippen LogP contribution is -2.00. The zero-order valence-corrected chi connectivity index (χ0v) is 12.6. The van der Waals surface area contributed by atoms with Crippen molar-refractivity contribution in [1.82, 2.24) is 4.98 Å². The van der Waals surface area contributed by atoms with Crippen molar-refractivity contribution in [1.29, 1.82) is 0 Å². The third-order valence-corrected chi connectivity index (χ3v) is 3.51. The molecule has 0 bridgehead atoms. The van der Waals surface area contributed by atoms with Gasteiger partial charge in [-0.2, -0.15) is 0 Å². The van der Waals surface area contributed by atoms with Crippen LogP contribution in [0.4, 0.5) is 11.5 Å². The Morgan fingerprint density at radius 1 is 1.39 bits per heavy atom. The number of pyridine rings is 1. The molecule has 1 heterocycles. The Balaban J connectivity index is 2.39. The SMILES string of the molecule is CCc1cccc(C)c1Nc1ncc(Br)cc1Cl. The average Bonchev–Trinajstić information content (AvgIpc) is 2.34. The quantitative estimate of drug-likeness (QED) is 0.848. The molecule has 0 spiro atoms. The second kappa shape index (κ2) is 5.72. The summed E-state index contributed by atoms with van der Waals surface area (Å²) in [5, 5.41) is 3.93. The number of nitrogens with zero attached hydrogens (tertiary/aromatic N) is 1. The van der Waals surface area contributed by atoms with Gasteiger partial charge in [0.05, 0.1) is 5.02 Å². The zero-order chi connectivity index (χ0) is 13.1. The summed E-state index contributed by atoms with van der Waals surface area (Å²) in [5.74, 6) is 0.684. The van der Waals surface area contributed by atoms with Crippen LogP contribution in [0.3, 0.4) is 0 Å². The maximum Gasteiger partial charge on any atom is 0.149 e. The van der Waals surface area contributed by atoms with Crippen molar-refractivity contribution in [2.24, 2.45) is 0 Å². The van der Waals surface area contributed by atoms with Crippen LogP contribution < -0.4 is 5.32 Å². The molecule has 1 N–H and O–H groups in total. The molecule has 94 valence electrons. The van der Waals surface area contributed by atoms with Gasteiger partial charge in [-0.3, -0.25) is 0 Å². The second-order valence-electron chi connectivity index (χ2n) is 4.07. The number of aromatic nitrogens is 1. The molecule has 2 nitrogen and oxygen atoms in total. The molecule has 4 heteroatoms. The molecular weight excluding hydrogens is 312 g/mol. The standard InChI is InChI=1S/C14H14BrClN2/c1-3-10-6-4-5-9(2)13(10)18-14-12(16)7-11(15)8-17-14/h4-8H,3H2,1-2H3,(H,17,18). The van der Waals surface area contributed by atoms with E-state index in [2.05, 4.69) is 58.3 Å². The van der Waals surface area contributed by atoms with E-state index in [-0.39, 0.29) is 0 Å². The van der Waals surface area contributed by atoms with Gasteiger partial charge in [-0.05, 0) is 46.5 Å². The summed E-state index contributed by atoms with van der Waals surface area (Å²) in [6.07, 6.45) is 2.70. The third kappa shape index (κ3) is 2.85. The van der Waals surface area contributed by atoms with E-state index in [0.29, 0.717) is 10.8 Å². The predicted octanol–water partition coefficient (Wildman–Crippen LogP) is 5.11. The number of nitrogens with one attached hydrogen (secondary N) is 1. The van der Waals surface area contributed by atoms with Gasteiger partial charge in [0.25, 0.3) is 0 Å². The zero-order valence-electron chi connectivity index (χ0n) is 10.3. The molecule has 0 fully saturated rings. The van der Waals surface area contributed by atoms with Crippen molar-refractivity contribution in [3.05, 3.63) is 51.1 Å². The molecule has 0 aliphatic heterocycles. The first kappa shape index (κ1) is 13.4. The monoisotopic (exact) mass is 324 g/mol. The van der Waals surface area contributed by atoms with Crippen LogP contribution >= 0.6 is 27.5 Å². The topological polar surface area (TPSA) is 24.9 Å². The van der Waals surface area contributed by atoms with Crippen LogP contribution in [0.15, 0.2) is 34.9 Å². The fraction of sp³-hybridized carbons (Fsp3) is 0.214. The number of rotatable bonds is 3. The van der Waals surface area contributed by atoms with E-state index in [1.54, 1.807) is 6.20 Å². The predicted molar refractivity (Wildman–Crippen MR) is 80.8 cm³/mol. The molecule has 0 saturated heterocycles. The van der Waals surface area contributed by atoms with Gasteiger partial charge in [0.1, 0.15) is 5.82 Å². The van der Waals surface area contributed by atoms with E-state index in [0.717, 1.165) is 16.6 Å². The molecule has 0 radical (unpaired) electrons. The van der Waals surface area contributed by atoms with E-state index >= 15 is 0 Å². The third-order valence-electron chi connectivity index (χ3n) is 2.79. The maximum atomic E-state index is 6.17. The lowest BCUT2D eigenvalue weighted by molar-refractivity contribution is 1.13. The highest BCUT2D eigenvalue weighted by molar-refractivity contribution is 9.10. The van der Waals surface area contributed by atoms with E-state index in [1.807, 2.05) is 6.07 Å². The van der Waals surface area contributed by atoms with Gasteiger partial charge in [-0.25, -0.2) is 4.98 Å². The largest absolute Gasteiger partial charge is 0.339 e. The minimum absolute atomic E-state index is 0.606. The van der Waals surface area contributed by atoms with Gasteiger partial charge in [-0.15, -0.1) is 0 Å². The molecule has 0 unspecified atom stereocenters. The molecular formula is C14H14BrClN2. The van der Waals surface area contributed by atoms with Gasteiger partial charge in [0.2, 0.25) is 0 Å². The van der Waals surface area contributed by atoms with Gasteiger partial charge in [0, 0.05) is 16.4 Å². The smallest absolute Gasteiger partial charge is 0.149 e. The average molecular weight is 326 g/mol. The van der Waals surface area contributed by atoms with Crippen molar-refractivity contribution in [3.63, 3.8) is 0 Å². The molecule has 18 heavy (non-hydrogen) atoms. The summed E-state index contributed by atoms with van der Waals surface area (Å²) >= 11 is 9.52. The second-order valence-corrected chi connectivity index (χ2v) is 5.39. The number of anilines is 2. The highest BCUT2D eigenvalue weighted by atomic mass is 79.9. The fourth-order valence-corrected chi connectivity index (χ4v) is 2.50. The van der Waals surface area contributed by atoms with Crippen LogP contribution in [-0.4, -0.2) is 4.98 Å². The Bertz CT molecular complexity index is 570. The normalized spacial score (nSPS) is 10.4. The minimum Gasteiger partial charge on any atom is -0.339 e. The lowest BCUT2D eigenvalue weighted by atomic mass is 10.1. The number of halogens is 2. The summed E-state index contributed by atoms with van der Waals surface area (Å²) in [6.45, 7) is 4.21. The molecule has 0 atom stereocenters. The van der Waals surface area contributed by atoms with E-state index in [4.69, 9.17) is 11.6 Å². The summed E-state index contributed by atoms with van der Waals surface area (Å²) in [6, 6.07) is 8.09. The van der Waals surface area contributed by atoms with Gasteiger partial charge < -0.3 is 5.32 Å². The van der Waals surface area contributed by atoms with Gasteiger partial charge in [-0.1, -0.05) is 36.7 Å². The van der Waals surface area contributed by atoms with Crippen LogP contribution in [0.25, 0.3) is 0 Å². The maximum absolute atomic E-state index is 6.17. The minimum atomic E-state index is 0.606. The molecule has 2 rings (SSSR count). The van der Waals surface area contributed by atoms with E-state index in [1.165, 1.54) is 11.1 Å². The van der Waals surface area contributed by atoms with Crippen LogP contribution in [0.1, 0.15) is 18.1 Å². The highest BCUT2D eigenvalue weighted by Gasteiger charge is 2.08. The first-order chi connectivity index (χ1) is 8.61. The van der Waals surface area contributed by atoms with Crippen molar-refractivity contribution >= 4 is 39.0 Å². The molecule has 0 saturated carbocycles. The molecule has 0 aliphatic rings. The molecule has 0 amide bonds. The number of hydrogen-bond acceptors (Lipinski definition) is 2. The number of para-hydroxylation sites is 1. The van der Waals surface area contributed by atoms with Crippen molar-refractivity contribution < 1.29 is 0 Å². The van der Waals surface area contributed by atoms with Crippen molar-refractivity contribution in [2.75, 3.05) is 5.32 Å². The van der Waals surface area contributed by atoms with Gasteiger partial charge >= 0.3 is 0 Å². The first-order valence-electron chi connectivity index (χ1n) is 5.78. The molecule has 0 aliphatic carbocycles. The van der Waals surface area contributed by atoms with Crippen LogP contribution in [0.5, 0.6) is 0 Å². The first-order valence-corrected chi connectivity index (χ1v) is 6.95. The highest BCUT2D eigenvalue weighted by Crippen LogP contribution is 2.29. The fourth-order valence-electron chi connectivity index (χ4n) is 1.83. The summed E-state index contributed by atoms with van der Waals surface area (Å²) in [5.41, 5.74) is 3.54. The Labute approximate surface area is 121 Å². The van der Waals surface area contributed by atoms with Crippen molar-refractivity contribution in [3.8, 4) is 0 Å². The van der Waals surface area contributed by atoms with Gasteiger partial charge in [0.15, 0.2) is 0 Å². The van der Waals surface area contributed by atoms with E-state index < -0.39 is 0 Å². The van der Waals surface area contributed by atoms with Crippen LogP contribution in [0.2, 0.25) is 5.02 Å².